The molecule has 0 amide bonds. The van der Waals surface area contributed by atoms with Gasteiger partial charge in [0, 0.05) is 48.9 Å². The van der Waals surface area contributed by atoms with Gasteiger partial charge in [0.25, 0.3) is 0 Å². The molecule has 2 aromatic rings. The average molecular weight is 362 g/mol. The molecule has 4 rings (SSSR count). The minimum absolute atomic E-state index is 0.000559. The molecular weight excluding hydrogens is 338 g/mol. The molecule has 134 valence electrons. The SMILES string of the molecule is Oc1cc(O)c(-c2n[nH]c3c2CN(CC2CCCCC2)CC3)cc1Cl. The highest BCUT2D eigenvalue weighted by molar-refractivity contribution is 6.32. The summed E-state index contributed by atoms with van der Waals surface area (Å²) in [5.41, 5.74) is 3.58. The number of aromatic amines is 1. The molecule has 1 aliphatic heterocycles. The van der Waals surface area contributed by atoms with Gasteiger partial charge in [0.05, 0.1) is 5.02 Å². The van der Waals surface area contributed by atoms with Crippen molar-refractivity contribution in [2.24, 2.45) is 5.92 Å². The standard InChI is InChI=1S/C19H24ClN3O2/c20-15-8-13(17(24)9-18(15)25)19-14-11-23(7-6-16(14)21-22-19)10-12-4-2-1-3-5-12/h8-9,12,24-25H,1-7,10-11H2,(H,21,22). The monoisotopic (exact) mass is 361 g/mol. The molecule has 3 N–H and O–H groups in total. The topological polar surface area (TPSA) is 72.4 Å². The molecule has 0 radical (unpaired) electrons. The van der Waals surface area contributed by atoms with E-state index in [1.807, 2.05) is 0 Å². The van der Waals surface area contributed by atoms with Gasteiger partial charge < -0.3 is 10.2 Å². The second kappa shape index (κ2) is 6.89. The summed E-state index contributed by atoms with van der Waals surface area (Å²) in [7, 11) is 0. The van der Waals surface area contributed by atoms with Gasteiger partial charge in [-0.25, -0.2) is 0 Å². The summed E-state index contributed by atoms with van der Waals surface area (Å²) in [6, 6.07) is 2.87. The van der Waals surface area contributed by atoms with Gasteiger partial charge in [0.15, 0.2) is 0 Å². The maximum atomic E-state index is 10.2. The van der Waals surface area contributed by atoms with Crippen LogP contribution in [0.1, 0.15) is 43.4 Å². The molecule has 1 saturated carbocycles. The van der Waals surface area contributed by atoms with Crippen LogP contribution in [-0.2, 0) is 13.0 Å². The zero-order valence-corrected chi connectivity index (χ0v) is 15.0. The molecule has 1 aromatic heterocycles. The number of aromatic hydroxyl groups is 2. The van der Waals surface area contributed by atoms with Crippen LogP contribution < -0.4 is 0 Å². The Morgan fingerprint density at radius 3 is 2.76 bits per heavy atom. The highest BCUT2D eigenvalue weighted by atomic mass is 35.5. The largest absolute Gasteiger partial charge is 0.507 e. The smallest absolute Gasteiger partial charge is 0.137 e. The number of phenols is 2. The minimum Gasteiger partial charge on any atom is -0.507 e. The number of nitrogens with one attached hydrogen (secondary N) is 1. The molecule has 1 aromatic carbocycles. The summed E-state index contributed by atoms with van der Waals surface area (Å²) >= 11 is 6.03. The van der Waals surface area contributed by atoms with E-state index in [0.717, 1.165) is 48.9 Å². The maximum absolute atomic E-state index is 10.2. The van der Waals surface area contributed by atoms with Crippen LogP contribution in [-0.4, -0.2) is 38.4 Å². The third-order valence-corrected chi connectivity index (χ3v) is 5.88. The third kappa shape index (κ3) is 3.35. The first-order chi connectivity index (χ1) is 12.1. The number of halogens is 1. The lowest BCUT2D eigenvalue weighted by molar-refractivity contribution is 0.187. The molecule has 0 bridgehead atoms. The van der Waals surface area contributed by atoms with Crippen LogP contribution >= 0.6 is 11.6 Å². The first-order valence-electron chi connectivity index (χ1n) is 9.12. The number of fused-ring (bicyclic) bond motifs is 1. The molecule has 25 heavy (non-hydrogen) atoms. The van der Waals surface area contributed by atoms with Crippen molar-refractivity contribution in [3.05, 3.63) is 28.4 Å². The number of phenolic OH excluding ortho intramolecular Hbond substituents is 2. The molecule has 0 saturated heterocycles. The summed E-state index contributed by atoms with van der Waals surface area (Å²) in [6.45, 7) is 3.04. The quantitative estimate of drug-likeness (QED) is 0.770. The van der Waals surface area contributed by atoms with Gasteiger partial charge in [-0.3, -0.25) is 10.00 Å². The number of hydrogen-bond donors (Lipinski definition) is 3. The first-order valence-corrected chi connectivity index (χ1v) is 9.50. The lowest BCUT2D eigenvalue weighted by atomic mass is 9.88. The Morgan fingerprint density at radius 2 is 1.96 bits per heavy atom. The van der Waals surface area contributed by atoms with Crippen molar-refractivity contribution in [1.82, 2.24) is 15.1 Å². The minimum atomic E-state index is -0.119. The summed E-state index contributed by atoms with van der Waals surface area (Å²) in [5, 5.41) is 27.7. The van der Waals surface area contributed by atoms with E-state index in [1.54, 1.807) is 6.07 Å². The number of aromatic nitrogens is 2. The van der Waals surface area contributed by atoms with Gasteiger partial charge in [-0.05, 0) is 24.8 Å². The summed E-state index contributed by atoms with van der Waals surface area (Å²) < 4.78 is 0. The van der Waals surface area contributed by atoms with Gasteiger partial charge in [-0.2, -0.15) is 5.10 Å². The second-order valence-electron chi connectivity index (χ2n) is 7.34. The predicted molar refractivity (Wildman–Crippen MR) is 97.9 cm³/mol. The van der Waals surface area contributed by atoms with Crippen LogP contribution in [0.25, 0.3) is 11.3 Å². The summed E-state index contributed by atoms with van der Waals surface area (Å²) in [5.74, 6) is 0.689. The molecular formula is C19H24ClN3O2. The third-order valence-electron chi connectivity index (χ3n) is 5.57. The lowest BCUT2D eigenvalue weighted by Crippen LogP contribution is -2.35. The lowest BCUT2D eigenvalue weighted by Gasteiger charge is -2.32. The van der Waals surface area contributed by atoms with Gasteiger partial charge in [0.2, 0.25) is 0 Å². The van der Waals surface area contributed by atoms with Crippen molar-refractivity contribution < 1.29 is 10.2 Å². The number of hydrogen-bond acceptors (Lipinski definition) is 4. The zero-order valence-electron chi connectivity index (χ0n) is 14.3. The zero-order chi connectivity index (χ0) is 17.4. The van der Waals surface area contributed by atoms with E-state index in [4.69, 9.17) is 11.6 Å². The van der Waals surface area contributed by atoms with Crippen molar-refractivity contribution in [1.29, 1.82) is 0 Å². The van der Waals surface area contributed by atoms with Crippen LogP contribution in [0.2, 0.25) is 5.02 Å². The van der Waals surface area contributed by atoms with Crippen LogP contribution in [0, 0.1) is 5.92 Å². The van der Waals surface area contributed by atoms with Crippen LogP contribution in [0.15, 0.2) is 12.1 Å². The van der Waals surface area contributed by atoms with Gasteiger partial charge in [0.1, 0.15) is 17.2 Å². The van der Waals surface area contributed by atoms with Crippen molar-refractivity contribution in [3.63, 3.8) is 0 Å². The molecule has 1 fully saturated rings. The number of nitrogens with zero attached hydrogens (tertiary/aromatic N) is 2. The van der Waals surface area contributed by atoms with Gasteiger partial charge in [-0.15, -0.1) is 0 Å². The van der Waals surface area contributed by atoms with Crippen molar-refractivity contribution in [3.8, 4) is 22.8 Å². The van der Waals surface area contributed by atoms with E-state index in [2.05, 4.69) is 15.1 Å². The Morgan fingerprint density at radius 1 is 1.16 bits per heavy atom. The van der Waals surface area contributed by atoms with E-state index in [9.17, 15) is 10.2 Å². The predicted octanol–water partition coefficient (Wildman–Crippen LogP) is 4.08. The normalized spacial score (nSPS) is 19.1. The fourth-order valence-electron chi connectivity index (χ4n) is 4.20. The van der Waals surface area contributed by atoms with Crippen molar-refractivity contribution in [2.45, 2.75) is 45.1 Å². The van der Waals surface area contributed by atoms with E-state index < -0.39 is 0 Å². The highest BCUT2D eigenvalue weighted by Crippen LogP contribution is 2.39. The molecule has 6 heteroatoms. The van der Waals surface area contributed by atoms with E-state index in [0.29, 0.717) is 5.56 Å². The highest BCUT2D eigenvalue weighted by Gasteiger charge is 2.26. The Bertz CT molecular complexity index is 768. The molecule has 0 unspecified atom stereocenters. The molecule has 0 spiro atoms. The van der Waals surface area contributed by atoms with E-state index >= 15 is 0 Å². The molecule has 2 heterocycles. The maximum Gasteiger partial charge on any atom is 0.137 e. The van der Waals surface area contributed by atoms with Gasteiger partial charge >= 0.3 is 0 Å². The Labute approximate surface area is 152 Å². The van der Waals surface area contributed by atoms with Crippen molar-refractivity contribution in [2.75, 3.05) is 13.1 Å². The van der Waals surface area contributed by atoms with Crippen molar-refractivity contribution >= 4 is 11.6 Å². The van der Waals surface area contributed by atoms with Crippen LogP contribution in [0.3, 0.4) is 0 Å². The van der Waals surface area contributed by atoms with E-state index in [-0.39, 0.29) is 16.5 Å². The summed E-state index contributed by atoms with van der Waals surface area (Å²) in [6.07, 6.45) is 7.74. The van der Waals surface area contributed by atoms with Crippen LogP contribution in [0.4, 0.5) is 0 Å². The average Bonchev–Trinajstić information content (AvgIpc) is 3.02. The fourth-order valence-corrected chi connectivity index (χ4v) is 4.37. The molecule has 5 nitrogen and oxygen atoms in total. The Kier molecular flexibility index (Phi) is 4.61. The fraction of sp³-hybridized carbons (Fsp3) is 0.526. The first kappa shape index (κ1) is 16.7. The molecule has 2 aliphatic rings. The number of rotatable bonds is 3. The number of H-pyrrole nitrogens is 1. The van der Waals surface area contributed by atoms with E-state index in [1.165, 1.54) is 38.2 Å². The molecule has 1 aliphatic carbocycles. The molecule has 0 atom stereocenters. The van der Waals surface area contributed by atoms with Gasteiger partial charge in [-0.1, -0.05) is 30.9 Å². The van der Waals surface area contributed by atoms with Crippen LogP contribution in [0.5, 0.6) is 11.5 Å². The Hall–Kier alpha value is -1.72. The second-order valence-corrected chi connectivity index (χ2v) is 7.75. The summed E-state index contributed by atoms with van der Waals surface area (Å²) in [4.78, 5) is 2.51. The Balaban J connectivity index is 1.58. The number of benzene rings is 1.